The Morgan fingerprint density at radius 3 is 2.50 bits per heavy atom. The van der Waals surface area contributed by atoms with E-state index in [4.69, 9.17) is 0 Å². The van der Waals surface area contributed by atoms with Crippen molar-refractivity contribution in [2.24, 2.45) is 0 Å². The molecule has 1 aromatic carbocycles. The molecule has 0 atom stereocenters. The highest BCUT2D eigenvalue weighted by Gasteiger charge is 2.30. The monoisotopic (exact) mass is 228 g/mol. The van der Waals surface area contributed by atoms with Gasteiger partial charge in [-0.2, -0.15) is 13.2 Å². The van der Waals surface area contributed by atoms with Gasteiger partial charge >= 0.3 is 6.18 Å². The van der Waals surface area contributed by atoms with Crippen molar-refractivity contribution < 1.29 is 13.2 Å². The molecule has 5 heteroatoms. The molecule has 0 saturated carbocycles. The second-order valence-electron chi connectivity index (χ2n) is 3.95. The summed E-state index contributed by atoms with van der Waals surface area (Å²) in [6.07, 6.45) is -2.74. The van der Waals surface area contributed by atoms with Gasteiger partial charge in [-0.15, -0.1) is 0 Å². The Hall–Kier alpha value is -1.52. The van der Waals surface area contributed by atoms with Crippen LogP contribution in [0.1, 0.15) is 25.5 Å². The lowest BCUT2D eigenvalue weighted by Crippen LogP contribution is -2.05. The normalized spacial score (nSPS) is 12.6. The fourth-order valence-electron chi connectivity index (χ4n) is 1.61. The van der Waals surface area contributed by atoms with Crippen molar-refractivity contribution in [2.45, 2.75) is 26.1 Å². The van der Waals surface area contributed by atoms with E-state index in [-0.39, 0.29) is 6.04 Å². The highest BCUT2D eigenvalue weighted by Crippen LogP contribution is 2.31. The quantitative estimate of drug-likeness (QED) is 0.728. The molecule has 0 N–H and O–H groups in total. The number of aromatic nitrogens is 2. The molecular formula is C11H11F3N2. The van der Waals surface area contributed by atoms with Crippen molar-refractivity contribution in [2.75, 3.05) is 0 Å². The van der Waals surface area contributed by atoms with Crippen molar-refractivity contribution in [1.82, 2.24) is 9.55 Å². The van der Waals surface area contributed by atoms with Gasteiger partial charge in [-0.25, -0.2) is 4.98 Å². The third kappa shape index (κ3) is 1.77. The average Bonchev–Trinajstić information content (AvgIpc) is 2.58. The van der Waals surface area contributed by atoms with E-state index < -0.39 is 11.7 Å². The molecule has 16 heavy (non-hydrogen) atoms. The molecule has 0 aliphatic heterocycles. The lowest BCUT2D eigenvalue weighted by Gasteiger charge is -2.10. The van der Waals surface area contributed by atoms with Crippen LogP contribution in [-0.4, -0.2) is 9.55 Å². The van der Waals surface area contributed by atoms with Gasteiger partial charge in [0.2, 0.25) is 0 Å². The Morgan fingerprint density at radius 2 is 1.94 bits per heavy atom. The van der Waals surface area contributed by atoms with Crippen LogP contribution in [0.15, 0.2) is 24.5 Å². The summed E-state index contributed by atoms with van der Waals surface area (Å²) < 4.78 is 39.3. The van der Waals surface area contributed by atoms with Crippen LogP contribution in [0.3, 0.4) is 0 Å². The number of benzene rings is 1. The predicted molar refractivity (Wildman–Crippen MR) is 55.1 cm³/mol. The molecule has 0 saturated heterocycles. The van der Waals surface area contributed by atoms with Gasteiger partial charge in [0.25, 0.3) is 0 Å². The molecule has 2 nitrogen and oxygen atoms in total. The van der Waals surface area contributed by atoms with Gasteiger partial charge in [-0.3, -0.25) is 0 Å². The minimum atomic E-state index is -4.31. The van der Waals surface area contributed by atoms with Gasteiger partial charge in [-0.05, 0) is 32.0 Å². The Labute approximate surface area is 90.7 Å². The molecule has 0 amide bonds. The average molecular weight is 228 g/mol. The SMILES string of the molecule is CC(C)n1cnc2ccc(C(F)(F)F)cc21. The summed E-state index contributed by atoms with van der Waals surface area (Å²) in [6.45, 7) is 3.81. The van der Waals surface area contributed by atoms with Gasteiger partial charge in [0.15, 0.2) is 0 Å². The topological polar surface area (TPSA) is 17.8 Å². The maximum atomic E-state index is 12.5. The second-order valence-corrected chi connectivity index (χ2v) is 3.95. The first-order chi connectivity index (χ1) is 7.39. The first kappa shape index (κ1) is 11.0. The summed E-state index contributed by atoms with van der Waals surface area (Å²) in [5.41, 5.74) is 0.467. The zero-order valence-corrected chi connectivity index (χ0v) is 8.92. The number of rotatable bonds is 1. The van der Waals surface area contributed by atoms with Crippen LogP contribution < -0.4 is 0 Å². The van der Waals surface area contributed by atoms with E-state index in [1.165, 1.54) is 6.07 Å². The minimum Gasteiger partial charge on any atom is -0.328 e. The van der Waals surface area contributed by atoms with Crippen LogP contribution in [-0.2, 0) is 6.18 Å². The minimum absolute atomic E-state index is 0.0912. The molecule has 0 unspecified atom stereocenters. The van der Waals surface area contributed by atoms with E-state index in [9.17, 15) is 13.2 Å². The van der Waals surface area contributed by atoms with Crippen LogP contribution >= 0.6 is 0 Å². The van der Waals surface area contributed by atoms with Gasteiger partial charge in [-0.1, -0.05) is 0 Å². The molecule has 0 fully saturated rings. The molecule has 0 aliphatic rings. The van der Waals surface area contributed by atoms with Crippen LogP contribution in [0.25, 0.3) is 11.0 Å². The van der Waals surface area contributed by atoms with Crippen LogP contribution in [0.4, 0.5) is 13.2 Å². The van der Waals surface area contributed by atoms with Crippen molar-refractivity contribution in [3.63, 3.8) is 0 Å². The van der Waals surface area contributed by atoms with Gasteiger partial charge < -0.3 is 4.57 Å². The summed E-state index contributed by atoms with van der Waals surface area (Å²) in [7, 11) is 0. The Kier molecular flexibility index (Phi) is 2.40. The number of hydrogen-bond donors (Lipinski definition) is 0. The van der Waals surface area contributed by atoms with Gasteiger partial charge in [0.05, 0.1) is 22.9 Å². The largest absolute Gasteiger partial charge is 0.416 e. The third-order valence-electron chi connectivity index (χ3n) is 2.46. The highest BCUT2D eigenvalue weighted by atomic mass is 19.4. The van der Waals surface area contributed by atoms with E-state index in [1.807, 2.05) is 13.8 Å². The van der Waals surface area contributed by atoms with Crippen LogP contribution in [0.5, 0.6) is 0 Å². The fourth-order valence-corrected chi connectivity index (χ4v) is 1.61. The Morgan fingerprint density at radius 1 is 1.25 bits per heavy atom. The highest BCUT2D eigenvalue weighted by molar-refractivity contribution is 5.76. The molecule has 0 aliphatic carbocycles. The first-order valence-electron chi connectivity index (χ1n) is 4.93. The molecule has 2 rings (SSSR count). The number of alkyl halides is 3. The second kappa shape index (κ2) is 3.50. The smallest absolute Gasteiger partial charge is 0.328 e. The number of fused-ring (bicyclic) bond motifs is 1. The van der Waals surface area contributed by atoms with E-state index in [0.717, 1.165) is 12.1 Å². The standard InChI is InChI=1S/C11H11F3N2/c1-7(2)16-6-15-9-4-3-8(5-10(9)16)11(12,13)14/h3-7H,1-2H3. The van der Waals surface area contributed by atoms with Gasteiger partial charge in [0, 0.05) is 6.04 Å². The van der Waals surface area contributed by atoms with Gasteiger partial charge in [0.1, 0.15) is 0 Å². The maximum absolute atomic E-state index is 12.5. The van der Waals surface area contributed by atoms with Crippen LogP contribution in [0.2, 0.25) is 0 Å². The van der Waals surface area contributed by atoms with Crippen molar-refractivity contribution in [1.29, 1.82) is 0 Å². The lowest BCUT2D eigenvalue weighted by molar-refractivity contribution is -0.137. The molecule has 0 bridgehead atoms. The van der Waals surface area contributed by atoms with E-state index >= 15 is 0 Å². The third-order valence-corrected chi connectivity index (χ3v) is 2.46. The molecular weight excluding hydrogens is 217 g/mol. The fraction of sp³-hybridized carbons (Fsp3) is 0.364. The molecule has 1 heterocycles. The van der Waals surface area contributed by atoms with Crippen molar-refractivity contribution >= 4 is 11.0 Å². The lowest BCUT2D eigenvalue weighted by atomic mass is 10.2. The summed E-state index contributed by atoms with van der Waals surface area (Å²) in [5, 5.41) is 0. The molecule has 2 aromatic rings. The number of halogens is 3. The van der Waals surface area contributed by atoms with E-state index in [0.29, 0.717) is 11.0 Å². The Balaban J connectivity index is 2.63. The van der Waals surface area contributed by atoms with Crippen molar-refractivity contribution in [3.8, 4) is 0 Å². The molecule has 0 radical (unpaired) electrons. The zero-order chi connectivity index (χ0) is 11.9. The van der Waals surface area contributed by atoms with Crippen LogP contribution in [0, 0.1) is 0 Å². The first-order valence-corrected chi connectivity index (χ1v) is 4.93. The van der Waals surface area contributed by atoms with E-state index in [1.54, 1.807) is 10.9 Å². The summed E-state index contributed by atoms with van der Waals surface area (Å²) in [5.74, 6) is 0. The zero-order valence-electron chi connectivity index (χ0n) is 8.92. The molecule has 1 aromatic heterocycles. The summed E-state index contributed by atoms with van der Waals surface area (Å²) in [4.78, 5) is 4.06. The summed E-state index contributed by atoms with van der Waals surface area (Å²) >= 11 is 0. The predicted octanol–water partition coefficient (Wildman–Crippen LogP) is 3.64. The van der Waals surface area contributed by atoms with E-state index in [2.05, 4.69) is 4.98 Å². The Bertz CT molecular complexity index is 511. The number of imidazole rings is 1. The van der Waals surface area contributed by atoms with Crippen molar-refractivity contribution in [3.05, 3.63) is 30.1 Å². The molecule has 86 valence electrons. The number of nitrogens with zero attached hydrogens (tertiary/aromatic N) is 2. The maximum Gasteiger partial charge on any atom is 0.416 e. The molecule has 0 spiro atoms. The number of hydrogen-bond acceptors (Lipinski definition) is 1. The summed E-state index contributed by atoms with van der Waals surface area (Å²) in [6, 6.07) is 3.69.